The highest BCUT2D eigenvalue weighted by atomic mass is 19.1. The van der Waals surface area contributed by atoms with E-state index in [1.165, 1.54) is 24.3 Å². The second-order valence-corrected chi connectivity index (χ2v) is 3.39. The topological polar surface area (TPSA) is 55.1 Å². The lowest BCUT2D eigenvalue weighted by molar-refractivity contribution is -0.117. The summed E-state index contributed by atoms with van der Waals surface area (Å²) in [5.74, 6) is -0.561. The van der Waals surface area contributed by atoms with Gasteiger partial charge in [-0.1, -0.05) is 13.3 Å². The molecule has 0 bridgehead atoms. The van der Waals surface area contributed by atoms with Crippen molar-refractivity contribution in [3.05, 3.63) is 30.1 Å². The molecule has 0 aliphatic heterocycles. The van der Waals surface area contributed by atoms with Gasteiger partial charge in [0.2, 0.25) is 5.91 Å². The number of carbonyl (C=O) groups excluding carboxylic acids is 1. The van der Waals surface area contributed by atoms with Crippen molar-refractivity contribution in [2.75, 3.05) is 5.32 Å². The number of hydrogen-bond acceptors (Lipinski definition) is 2. The molecular formula is C11H15FN2O. The highest BCUT2D eigenvalue weighted by Crippen LogP contribution is 2.08. The van der Waals surface area contributed by atoms with E-state index in [9.17, 15) is 9.18 Å². The summed E-state index contributed by atoms with van der Waals surface area (Å²) >= 11 is 0. The highest BCUT2D eigenvalue weighted by molar-refractivity contribution is 5.94. The average Bonchev–Trinajstić information content (AvgIpc) is 2.22. The zero-order valence-corrected chi connectivity index (χ0v) is 8.66. The van der Waals surface area contributed by atoms with Crippen molar-refractivity contribution in [1.82, 2.24) is 0 Å². The number of anilines is 1. The summed E-state index contributed by atoms with van der Waals surface area (Å²) in [5.41, 5.74) is 6.18. The number of hydrogen-bond donors (Lipinski definition) is 2. The first kappa shape index (κ1) is 11.7. The van der Waals surface area contributed by atoms with Gasteiger partial charge in [0.1, 0.15) is 5.82 Å². The van der Waals surface area contributed by atoms with Gasteiger partial charge in [0.05, 0.1) is 6.04 Å². The van der Waals surface area contributed by atoms with Gasteiger partial charge in [-0.05, 0) is 30.7 Å². The zero-order chi connectivity index (χ0) is 11.3. The Labute approximate surface area is 88.5 Å². The molecule has 0 aromatic heterocycles. The summed E-state index contributed by atoms with van der Waals surface area (Å²) < 4.78 is 12.6. The Hall–Kier alpha value is -1.42. The molecule has 0 aliphatic carbocycles. The monoisotopic (exact) mass is 210 g/mol. The van der Waals surface area contributed by atoms with Gasteiger partial charge in [0.25, 0.3) is 0 Å². The quantitative estimate of drug-likeness (QED) is 0.797. The Balaban J connectivity index is 2.54. The summed E-state index contributed by atoms with van der Waals surface area (Å²) in [7, 11) is 0. The van der Waals surface area contributed by atoms with Gasteiger partial charge >= 0.3 is 0 Å². The maximum Gasteiger partial charge on any atom is 0.241 e. The van der Waals surface area contributed by atoms with Crippen LogP contribution in [-0.2, 0) is 4.79 Å². The molecule has 1 unspecified atom stereocenters. The molecule has 3 nitrogen and oxygen atoms in total. The van der Waals surface area contributed by atoms with Gasteiger partial charge in [-0.3, -0.25) is 4.79 Å². The molecule has 0 spiro atoms. The lowest BCUT2D eigenvalue weighted by atomic mass is 10.1. The largest absolute Gasteiger partial charge is 0.325 e. The normalized spacial score (nSPS) is 12.2. The molecule has 0 saturated carbocycles. The number of carbonyl (C=O) groups is 1. The van der Waals surface area contributed by atoms with Crippen LogP contribution >= 0.6 is 0 Å². The third kappa shape index (κ3) is 3.67. The van der Waals surface area contributed by atoms with E-state index in [2.05, 4.69) is 5.32 Å². The number of rotatable bonds is 4. The van der Waals surface area contributed by atoms with E-state index < -0.39 is 6.04 Å². The lowest BCUT2D eigenvalue weighted by Crippen LogP contribution is -2.35. The van der Waals surface area contributed by atoms with Crippen LogP contribution in [0.5, 0.6) is 0 Å². The highest BCUT2D eigenvalue weighted by Gasteiger charge is 2.11. The molecule has 0 fully saturated rings. The van der Waals surface area contributed by atoms with E-state index in [4.69, 9.17) is 5.73 Å². The van der Waals surface area contributed by atoms with Gasteiger partial charge in [0.15, 0.2) is 0 Å². The molecule has 15 heavy (non-hydrogen) atoms. The van der Waals surface area contributed by atoms with Crippen molar-refractivity contribution in [3.8, 4) is 0 Å². The van der Waals surface area contributed by atoms with Gasteiger partial charge in [-0.15, -0.1) is 0 Å². The fourth-order valence-electron chi connectivity index (χ4n) is 1.21. The van der Waals surface area contributed by atoms with Crippen LogP contribution in [0.3, 0.4) is 0 Å². The van der Waals surface area contributed by atoms with Crippen molar-refractivity contribution in [2.24, 2.45) is 5.73 Å². The minimum absolute atomic E-state index is 0.233. The fraction of sp³-hybridized carbons (Fsp3) is 0.364. The lowest BCUT2D eigenvalue weighted by Gasteiger charge is -2.10. The van der Waals surface area contributed by atoms with Crippen LogP contribution in [0.25, 0.3) is 0 Å². The molecular weight excluding hydrogens is 195 g/mol. The Morgan fingerprint density at radius 1 is 1.47 bits per heavy atom. The number of halogens is 1. The van der Waals surface area contributed by atoms with Gasteiger partial charge < -0.3 is 11.1 Å². The molecule has 4 heteroatoms. The van der Waals surface area contributed by atoms with Crippen LogP contribution in [0.1, 0.15) is 19.8 Å². The van der Waals surface area contributed by atoms with Crippen LogP contribution in [0.2, 0.25) is 0 Å². The van der Waals surface area contributed by atoms with Gasteiger partial charge in [-0.25, -0.2) is 4.39 Å². The Bertz CT molecular complexity index is 324. The molecule has 0 saturated heterocycles. The minimum atomic E-state index is -0.500. The molecule has 1 atom stereocenters. The molecule has 1 aromatic rings. The Morgan fingerprint density at radius 3 is 2.60 bits per heavy atom. The molecule has 1 amide bonds. The first-order valence-electron chi connectivity index (χ1n) is 4.95. The maximum absolute atomic E-state index is 12.6. The molecule has 3 N–H and O–H groups in total. The summed E-state index contributed by atoms with van der Waals surface area (Å²) in [6.45, 7) is 1.96. The second kappa shape index (κ2) is 5.46. The SMILES string of the molecule is CCCC(N)C(=O)Nc1ccc(F)cc1. The predicted octanol–water partition coefficient (Wildman–Crippen LogP) is 1.89. The van der Waals surface area contributed by atoms with Gasteiger partial charge in [0, 0.05) is 5.69 Å². The van der Waals surface area contributed by atoms with E-state index in [0.29, 0.717) is 12.1 Å². The van der Waals surface area contributed by atoms with Crippen molar-refractivity contribution in [1.29, 1.82) is 0 Å². The summed E-state index contributed by atoms with van der Waals surface area (Å²) in [5, 5.41) is 2.62. The van der Waals surface area contributed by atoms with Crippen molar-refractivity contribution in [3.63, 3.8) is 0 Å². The van der Waals surface area contributed by atoms with E-state index in [1.54, 1.807) is 0 Å². The third-order valence-electron chi connectivity index (χ3n) is 2.05. The van der Waals surface area contributed by atoms with Crippen LogP contribution < -0.4 is 11.1 Å². The Kier molecular flexibility index (Phi) is 4.24. The molecule has 0 radical (unpaired) electrons. The third-order valence-corrected chi connectivity index (χ3v) is 2.05. The van der Waals surface area contributed by atoms with E-state index in [0.717, 1.165) is 6.42 Å². The number of benzene rings is 1. The Morgan fingerprint density at radius 2 is 2.07 bits per heavy atom. The van der Waals surface area contributed by atoms with Crippen molar-refractivity contribution < 1.29 is 9.18 Å². The summed E-state index contributed by atoms with van der Waals surface area (Å²) in [4.78, 5) is 11.5. The van der Waals surface area contributed by atoms with Crippen LogP contribution in [-0.4, -0.2) is 11.9 Å². The molecule has 0 aliphatic rings. The number of nitrogens with one attached hydrogen (secondary N) is 1. The van der Waals surface area contributed by atoms with Crippen molar-refractivity contribution in [2.45, 2.75) is 25.8 Å². The number of nitrogens with two attached hydrogens (primary N) is 1. The molecule has 82 valence electrons. The summed E-state index contributed by atoms with van der Waals surface area (Å²) in [6.07, 6.45) is 1.50. The molecule has 0 heterocycles. The second-order valence-electron chi connectivity index (χ2n) is 3.39. The maximum atomic E-state index is 12.6. The van der Waals surface area contributed by atoms with Crippen LogP contribution in [0.4, 0.5) is 10.1 Å². The van der Waals surface area contributed by atoms with E-state index >= 15 is 0 Å². The average molecular weight is 210 g/mol. The first-order chi connectivity index (χ1) is 7.13. The predicted molar refractivity (Wildman–Crippen MR) is 57.9 cm³/mol. The van der Waals surface area contributed by atoms with Crippen LogP contribution in [0, 0.1) is 5.82 Å². The first-order valence-corrected chi connectivity index (χ1v) is 4.95. The van der Waals surface area contributed by atoms with Gasteiger partial charge in [-0.2, -0.15) is 0 Å². The smallest absolute Gasteiger partial charge is 0.241 e. The van der Waals surface area contributed by atoms with Crippen molar-refractivity contribution >= 4 is 11.6 Å². The standard InChI is InChI=1S/C11H15FN2O/c1-2-3-10(13)11(15)14-9-6-4-8(12)5-7-9/h4-7,10H,2-3,13H2,1H3,(H,14,15). The zero-order valence-electron chi connectivity index (χ0n) is 8.66. The van der Waals surface area contributed by atoms with Crippen LogP contribution in [0.15, 0.2) is 24.3 Å². The molecule has 1 aromatic carbocycles. The van der Waals surface area contributed by atoms with E-state index in [1.807, 2.05) is 6.92 Å². The minimum Gasteiger partial charge on any atom is -0.325 e. The fourth-order valence-corrected chi connectivity index (χ4v) is 1.21. The summed E-state index contributed by atoms with van der Waals surface area (Å²) in [6, 6.07) is 5.10. The van der Waals surface area contributed by atoms with E-state index in [-0.39, 0.29) is 11.7 Å². The molecule has 1 rings (SSSR count). The number of amides is 1.